The number of alkyl carbamates (subject to hydrolysis) is 1. The van der Waals surface area contributed by atoms with E-state index in [9.17, 15) is 28.8 Å². The molecule has 11 nitrogen and oxygen atoms in total. The molecule has 0 bridgehead atoms. The molecule has 0 aliphatic carbocycles. The van der Waals surface area contributed by atoms with Gasteiger partial charge in [0.2, 0.25) is 11.3 Å². The number of carbonyl (C=O) groups is 4. The molecule has 37 heavy (non-hydrogen) atoms. The Bertz CT molecular complexity index is 1090. The first-order chi connectivity index (χ1) is 17.1. The van der Waals surface area contributed by atoms with Crippen molar-refractivity contribution < 1.29 is 38.3 Å². The summed E-state index contributed by atoms with van der Waals surface area (Å²) in [5.74, 6) is -2.39. The summed E-state index contributed by atoms with van der Waals surface area (Å²) in [6.45, 7) is 9.44. The van der Waals surface area contributed by atoms with E-state index in [0.29, 0.717) is 5.56 Å². The summed E-state index contributed by atoms with van der Waals surface area (Å²) in [5.41, 5.74) is -1.27. The first-order valence-electron chi connectivity index (χ1n) is 11.7. The highest BCUT2D eigenvalue weighted by Gasteiger charge is 2.61. The van der Waals surface area contributed by atoms with Gasteiger partial charge in [-0.1, -0.05) is 30.3 Å². The molecule has 3 unspecified atom stereocenters. The van der Waals surface area contributed by atoms with Gasteiger partial charge in [0.25, 0.3) is 5.91 Å². The number of rotatable bonds is 6. The van der Waals surface area contributed by atoms with Crippen LogP contribution < -0.4 is 10.6 Å². The largest absolute Gasteiger partial charge is 0.614 e. The Morgan fingerprint density at radius 2 is 1.70 bits per heavy atom. The van der Waals surface area contributed by atoms with E-state index in [1.807, 2.05) is 0 Å². The molecule has 3 rings (SSSR count). The van der Waals surface area contributed by atoms with E-state index in [0.717, 1.165) is 4.90 Å². The van der Waals surface area contributed by atoms with Gasteiger partial charge >= 0.3 is 12.1 Å². The van der Waals surface area contributed by atoms with Crippen molar-refractivity contribution in [2.24, 2.45) is 0 Å². The van der Waals surface area contributed by atoms with Gasteiger partial charge in [-0.05, 0) is 58.3 Å². The maximum absolute atomic E-state index is 13.3. The highest BCUT2D eigenvalue weighted by molar-refractivity contribution is 7.92. The summed E-state index contributed by atoms with van der Waals surface area (Å²) in [7, 11) is 0. The fourth-order valence-electron chi connectivity index (χ4n) is 3.90. The van der Waals surface area contributed by atoms with Gasteiger partial charge in [0.1, 0.15) is 28.7 Å². The van der Waals surface area contributed by atoms with Crippen molar-refractivity contribution >= 4 is 35.1 Å². The van der Waals surface area contributed by atoms with Crippen LogP contribution in [0.15, 0.2) is 41.6 Å². The summed E-state index contributed by atoms with van der Waals surface area (Å²) in [6, 6.07) is 5.97. The first kappa shape index (κ1) is 28.5. The number of hydrogen-bond donors (Lipinski definition) is 3. The Morgan fingerprint density at radius 1 is 1.11 bits per heavy atom. The predicted octanol–water partition coefficient (Wildman–Crippen LogP) is 1.26. The molecule has 202 valence electrons. The maximum atomic E-state index is 13.3. The topological polar surface area (TPSA) is 157 Å². The zero-order chi connectivity index (χ0) is 27.7. The molecule has 1 aromatic rings. The Kier molecular flexibility index (Phi) is 8.25. The van der Waals surface area contributed by atoms with E-state index >= 15 is 0 Å². The number of benzene rings is 1. The van der Waals surface area contributed by atoms with Crippen molar-refractivity contribution in [1.82, 2.24) is 15.5 Å². The van der Waals surface area contributed by atoms with Crippen LogP contribution in [0, 0.1) is 0 Å². The van der Waals surface area contributed by atoms with E-state index in [2.05, 4.69) is 10.6 Å². The monoisotopic (exact) mass is 535 g/mol. The minimum atomic E-state index is -1.71. The Hall–Kier alpha value is -3.09. The quantitative estimate of drug-likeness (QED) is 0.279. The third kappa shape index (κ3) is 6.62. The zero-order valence-corrected chi connectivity index (χ0v) is 22.5. The van der Waals surface area contributed by atoms with Gasteiger partial charge < -0.3 is 29.8 Å². The highest BCUT2D eigenvalue weighted by atomic mass is 32.2. The first-order valence-corrected chi connectivity index (χ1v) is 13.1. The molecule has 2 heterocycles. The summed E-state index contributed by atoms with van der Waals surface area (Å²) < 4.78 is 23.6. The average Bonchev–Trinajstić information content (AvgIpc) is 2.78. The minimum Gasteiger partial charge on any atom is -0.614 e. The van der Waals surface area contributed by atoms with Crippen LogP contribution in [-0.2, 0) is 35.0 Å². The summed E-state index contributed by atoms with van der Waals surface area (Å²) in [6.07, 6.45) is -0.831. The van der Waals surface area contributed by atoms with E-state index in [1.54, 1.807) is 71.9 Å². The Labute approximate surface area is 218 Å². The second kappa shape index (κ2) is 10.7. The molecule has 3 amide bonds. The van der Waals surface area contributed by atoms with Crippen LogP contribution in [0.5, 0.6) is 0 Å². The van der Waals surface area contributed by atoms with Crippen LogP contribution >= 0.6 is 0 Å². The summed E-state index contributed by atoms with van der Waals surface area (Å²) in [5, 5.41) is 13.8. The van der Waals surface area contributed by atoms with E-state index in [1.165, 1.54) is 0 Å². The number of ether oxygens (including phenoxy) is 2. The minimum absolute atomic E-state index is 0.121. The Balaban J connectivity index is 1.83. The second-order valence-corrected chi connectivity index (χ2v) is 12.2. The number of aliphatic hydroxyl groups excluding tert-OH is 1. The zero-order valence-electron chi connectivity index (χ0n) is 21.7. The molecule has 1 saturated heterocycles. The van der Waals surface area contributed by atoms with Gasteiger partial charge in [0.05, 0.1) is 6.61 Å². The van der Waals surface area contributed by atoms with Crippen molar-refractivity contribution in [2.45, 2.75) is 70.2 Å². The lowest BCUT2D eigenvalue weighted by molar-refractivity contribution is -0.159. The normalized spacial score (nSPS) is 22.4. The lowest BCUT2D eigenvalue weighted by atomic mass is 10.0. The van der Waals surface area contributed by atoms with Crippen LogP contribution in [0.3, 0.4) is 0 Å². The number of carbonyl (C=O) groups excluding carboxylic acids is 4. The lowest BCUT2D eigenvalue weighted by Crippen LogP contribution is -2.75. The van der Waals surface area contributed by atoms with Crippen molar-refractivity contribution in [3.63, 3.8) is 0 Å². The number of fused-ring (bicyclic) bond motifs is 1. The number of amides is 3. The van der Waals surface area contributed by atoms with Crippen LogP contribution in [0.2, 0.25) is 0 Å². The highest BCUT2D eigenvalue weighted by Crippen LogP contribution is 2.37. The summed E-state index contributed by atoms with van der Waals surface area (Å²) >= 11 is -1.71. The molecule has 2 aliphatic rings. The smallest absolute Gasteiger partial charge is 0.408 e. The molecule has 1 aromatic carbocycles. The van der Waals surface area contributed by atoms with Crippen LogP contribution in [-0.4, -0.2) is 73.4 Å². The number of nitrogens with one attached hydrogen (secondary N) is 2. The molecule has 1 fully saturated rings. The number of nitrogens with zero attached hydrogens (tertiary/aromatic N) is 1. The van der Waals surface area contributed by atoms with Crippen LogP contribution in [0.25, 0.3) is 0 Å². The second-order valence-electron chi connectivity index (χ2n) is 10.7. The number of aliphatic hydroxyl groups is 1. The molecule has 0 aromatic heterocycles. The van der Waals surface area contributed by atoms with Gasteiger partial charge in [-0.25, -0.2) is 9.59 Å². The lowest BCUT2D eigenvalue weighted by Gasteiger charge is -2.49. The fraction of sp³-hybridized carbons (Fsp3) is 0.520. The fourth-order valence-corrected chi connectivity index (χ4v) is 5.57. The van der Waals surface area contributed by atoms with Crippen molar-refractivity contribution in [3.8, 4) is 0 Å². The van der Waals surface area contributed by atoms with Crippen molar-refractivity contribution in [3.05, 3.63) is 47.2 Å². The standard InChI is InChI=1S/C25H33N3O8S/c1-24(2,3)35-22(32)18-15(12-29)13-37(34)21-17(20(31)28(18)21)26-19(30)16(14-10-8-7-9-11-14)27-23(33)36-25(4,5)6/h7-11,16-17,21,29H,12-13H2,1-6H3,(H,26,30)(H,27,33)/t16?,17?,21-,37?/m0/s1. The van der Waals surface area contributed by atoms with Gasteiger partial charge in [-0.3, -0.25) is 14.5 Å². The van der Waals surface area contributed by atoms with E-state index < -0.39 is 70.3 Å². The third-order valence-corrected chi connectivity index (χ3v) is 7.00. The maximum Gasteiger partial charge on any atom is 0.408 e. The van der Waals surface area contributed by atoms with Gasteiger partial charge in [-0.2, -0.15) is 0 Å². The molecule has 2 aliphatic heterocycles. The molecular weight excluding hydrogens is 502 g/mol. The van der Waals surface area contributed by atoms with Crippen molar-refractivity contribution in [2.75, 3.05) is 12.4 Å². The number of β-lactam (4-membered cyclic amide) rings is 1. The van der Waals surface area contributed by atoms with Gasteiger partial charge in [-0.15, -0.1) is 0 Å². The van der Waals surface area contributed by atoms with Crippen molar-refractivity contribution in [1.29, 1.82) is 0 Å². The molecule has 0 saturated carbocycles. The molecule has 0 spiro atoms. The van der Waals surface area contributed by atoms with Crippen LogP contribution in [0.1, 0.15) is 53.1 Å². The van der Waals surface area contributed by atoms with E-state index in [4.69, 9.17) is 9.47 Å². The molecule has 4 atom stereocenters. The average molecular weight is 536 g/mol. The third-order valence-electron chi connectivity index (χ3n) is 5.34. The Morgan fingerprint density at radius 3 is 2.24 bits per heavy atom. The molecule has 0 radical (unpaired) electrons. The summed E-state index contributed by atoms with van der Waals surface area (Å²) in [4.78, 5) is 52.7. The number of esters is 1. The molecular formula is C25H33N3O8S. The predicted molar refractivity (Wildman–Crippen MR) is 134 cm³/mol. The SMILES string of the molecule is CC(C)(C)OC(=O)NC(C(=O)NC1C(=O)N2C(C(=O)OC(C)(C)C)=C(CO)C[S+]([O-])[C@@H]12)c1ccccc1. The molecule has 12 heteroatoms. The van der Waals surface area contributed by atoms with Gasteiger partial charge in [0, 0.05) is 5.57 Å². The molecule has 3 N–H and O–H groups in total. The van der Waals surface area contributed by atoms with E-state index in [-0.39, 0.29) is 17.0 Å². The van der Waals surface area contributed by atoms with Gasteiger partial charge in [0.15, 0.2) is 6.04 Å². The van der Waals surface area contributed by atoms with Crippen LogP contribution in [0.4, 0.5) is 4.79 Å². The number of hydrogen-bond acceptors (Lipinski definition) is 8.